The van der Waals surface area contributed by atoms with E-state index in [9.17, 15) is 5.26 Å². The van der Waals surface area contributed by atoms with Crippen LogP contribution in [0.15, 0.2) is 54.6 Å². The van der Waals surface area contributed by atoms with Crippen molar-refractivity contribution in [2.75, 3.05) is 12.8 Å². The highest BCUT2D eigenvalue weighted by Crippen LogP contribution is 2.33. The van der Waals surface area contributed by atoms with Gasteiger partial charge in [-0.25, -0.2) is 0 Å². The number of aryl methyl sites for hydroxylation is 1. The van der Waals surface area contributed by atoms with E-state index in [0.29, 0.717) is 35.3 Å². The number of rotatable bonds is 5. The van der Waals surface area contributed by atoms with Crippen LogP contribution in [0.5, 0.6) is 17.4 Å². The molecule has 0 spiro atoms. The molecule has 0 radical (unpaired) electrons. The summed E-state index contributed by atoms with van der Waals surface area (Å²) in [5, 5.41) is 9.42. The molecule has 3 aromatic rings. The Morgan fingerprint density at radius 1 is 1.08 bits per heavy atom. The van der Waals surface area contributed by atoms with Gasteiger partial charge in [0.25, 0.3) is 0 Å². The third-order valence-corrected chi connectivity index (χ3v) is 3.91. The molecule has 0 aliphatic rings. The molecule has 126 valence electrons. The maximum absolute atomic E-state index is 9.42. The van der Waals surface area contributed by atoms with Gasteiger partial charge in [0, 0.05) is 12.1 Å². The van der Waals surface area contributed by atoms with Crippen molar-refractivity contribution >= 4 is 5.69 Å². The molecule has 0 aliphatic heterocycles. The molecule has 2 aromatic carbocycles. The zero-order valence-electron chi connectivity index (χ0n) is 14.2. The Morgan fingerprint density at radius 3 is 2.48 bits per heavy atom. The Hall–Kier alpha value is -3.39. The Kier molecular flexibility index (Phi) is 4.62. The predicted molar refractivity (Wildman–Crippen MR) is 96.9 cm³/mol. The van der Waals surface area contributed by atoms with Crippen LogP contribution in [-0.4, -0.2) is 11.7 Å². The Balaban J connectivity index is 1.97. The molecular formula is C20H19N3O2. The number of nitrogen functional groups attached to an aromatic ring is 1. The molecule has 0 atom stereocenters. The van der Waals surface area contributed by atoms with Gasteiger partial charge in [0.15, 0.2) is 0 Å². The van der Waals surface area contributed by atoms with E-state index in [-0.39, 0.29) is 0 Å². The van der Waals surface area contributed by atoms with Gasteiger partial charge >= 0.3 is 0 Å². The maximum Gasteiger partial charge on any atom is 0.224 e. The van der Waals surface area contributed by atoms with Crippen LogP contribution < -0.4 is 15.2 Å². The molecule has 2 N–H and O–H groups in total. The van der Waals surface area contributed by atoms with Crippen LogP contribution in [-0.2, 0) is 6.54 Å². The Morgan fingerprint density at radius 2 is 1.80 bits per heavy atom. The zero-order valence-corrected chi connectivity index (χ0v) is 14.2. The highest BCUT2D eigenvalue weighted by Gasteiger charge is 2.16. The Labute approximate surface area is 146 Å². The molecule has 25 heavy (non-hydrogen) atoms. The lowest BCUT2D eigenvalue weighted by Crippen LogP contribution is -2.05. The van der Waals surface area contributed by atoms with Crippen molar-refractivity contribution < 1.29 is 9.47 Å². The molecule has 0 saturated heterocycles. The SMILES string of the molecule is COc1cccc(Oc2c(N)cc(C#N)n2Cc2ccc(C)cc2)c1. The number of methoxy groups -OCH3 is 1. The van der Waals surface area contributed by atoms with E-state index in [4.69, 9.17) is 15.2 Å². The topological polar surface area (TPSA) is 73.2 Å². The van der Waals surface area contributed by atoms with Gasteiger partial charge in [-0.05, 0) is 24.6 Å². The second-order valence-corrected chi connectivity index (χ2v) is 5.75. The van der Waals surface area contributed by atoms with Gasteiger partial charge in [-0.3, -0.25) is 4.57 Å². The molecule has 5 heteroatoms. The number of anilines is 1. The molecule has 0 saturated carbocycles. The van der Waals surface area contributed by atoms with E-state index >= 15 is 0 Å². The number of ether oxygens (including phenoxy) is 2. The van der Waals surface area contributed by atoms with Crippen molar-refractivity contribution in [1.82, 2.24) is 4.57 Å². The summed E-state index contributed by atoms with van der Waals surface area (Å²) in [4.78, 5) is 0. The van der Waals surface area contributed by atoms with E-state index < -0.39 is 0 Å². The minimum atomic E-state index is 0.423. The summed E-state index contributed by atoms with van der Waals surface area (Å²) < 4.78 is 13.0. The minimum absolute atomic E-state index is 0.423. The first-order valence-electron chi connectivity index (χ1n) is 7.87. The second-order valence-electron chi connectivity index (χ2n) is 5.75. The van der Waals surface area contributed by atoms with E-state index in [0.717, 1.165) is 5.56 Å². The smallest absolute Gasteiger partial charge is 0.224 e. The van der Waals surface area contributed by atoms with E-state index in [1.165, 1.54) is 5.56 Å². The van der Waals surface area contributed by atoms with Crippen LogP contribution in [0.4, 0.5) is 5.69 Å². The average Bonchev–Trinajstić information content (AvgIpc) is 2.92. The summed E-state index contributed by atoms with van der Waals surface area (Å²) in [6, 6.07) is 19.2. The third-order valence-electron chi connectivity index (χ3n) is 3.91. The van der Waals surface area contributed by atoms with Gasteiger partial charge in [-0.15, -0.1) is 0 Å². The molecule has 0 fully saturated rings. The van der Waals surface area contributed by atoms with Gasteiger partial charge in [0.1, 0.15) is 23.3 Å². The number of nitrogens with zero attached hydrogens (tertiary/aromatic N) is 2. The molecular weight excluding hydrogens is 314 g/mol. The molecule has 0 aliphatic carbocycles. The van der Waals surface area contributed by atoms with Gasteiger partial charge in [0.2, 0.25) is 5.88 Å². The molecule has 1 heterocycles. The van der Waals surface area contributed by atoms with Crippen LogP contribution in [0.3, 0.4) is 0 Å². The van der Waals surface area contributed by atoms with Crippen LogP contribution in [0.1, 0.15) is 16.8 Å². The van der Waals surface area contributed by atoms with Crippen molar-refractivity contribution in [3.63, 3.8) is 0 Å². The number of nitriles is 1. The van der Waals surface area contributed by atoms with Crippen LogP contribution >= 0.6 is 0 Å². The van der Waals surface area contributed by atoms with Crippen molar-refractivity contribution in [2.24, 2.45) is 0 Å². The minimum Gasteiger partial charge on any atom is -0.497 e. The molecule has 0 unspecified atom stereocenters. The predicted octanol–water partition coefficient (Wildman–Crippen LogP) is 4.10. The lowest BCUT2D eigenvalue weighted by molar-refractivity contribution is 0.403. The fourth-order valence-corrected chi connectivity index (χ4v) is 2.57. The fourth-order valence-electron chi connectivity index (χ4n) is 2.57. The summed E-state index contributed by atoms with van der Waals surface area (Å²) >= 11 is 0. The summed E-state index contributed by atoms with van der Waals surface area (Å²) in [6.07, 6.45) is 0. The number of nitrogens with two attached hydrogens (primary N) is 1. The first-order valence-corrected chi connectivity index (χ1v) is 7.87. The number of hydrogen-bond donors (Lipinski definition) is 1. The number of hydrogen-bond acceptors (Lipinski definition) is 4. The highest BCUT2D eigenvalue weighted by molar-refractivity contribution is 5.57. The average molecular weight is 333 g/mol. The first kappa shape index (κ1) is 16.5. The molecule has 5 nitrogen and oxygen atoms in total. The summed E-state index contributed by atoms with van der Waals surface area (Å²) in [5.74, 6) is 1.73. The highest BCUT2D eigenvalue weighted by atomic mass is 16.5. The summed E-state index contributed by atoms with van der Waals surface area (Å²) in [6.45, 7) is 2.54. The zero-order chi connectivity index (χ0) is 17.8. The number of aromatic nitrogens is 1. The first-order chi connectivity index (χ1) is 12.1. The van der Waals surface area contributed by atoms with Gasteiger partial charge < -0.3 is 15.2 Å². The van der Waals surface area contributed by atoms with Crippen LogP contribution in [0.2, 0.25) is 0 Å². The third kappa shape index (κ3) is 3.59. The van der Waals surface area contributed by atoms with E-state index in [2.05, 4.69) is 6.07 Å². The quantitative estimate of drug-likeness (QED) is 0.763. The largest absolute Gasteiger partial charge is 0.497 e. The van der Waals surface area contributed by atoms with Gasteiger partial charge in [-0.2, -0.15) is 5.26 Å². The maximum atomic E-state index is 9.42. The molecule has 0 amide bonds. The standard InChI is InChI=1S/C20H19N3O2/c1-14-6-8-15(9-7-14)13-23-16(12-21)10-19(22)20(23)25-18-5-3-4-17(11-18)24-2/h3-11H,13,22H2,1-2H3. The van der Waals surface area contributed by atoms with E-state index in [1.54, 1.807) is 23.8 Å². The van der Waals surface area contributed by atoms with Crippen molar-refractivity contribution in [2.45, 2.75) is 13.5 Å². The van der Waals surface area contributed by atoms with Gasteiger partial charge in [-0.1, -0.05) is 35.9 Å². The molecule has 0 bridgehead atoms. The van der Waals surface area contributed by atoms with E-state index in [1.807, 2.05) is 49.4 Å². The lowest BCUT2D eigenvalue weighted by Gasteiger charge is -2.13. The lowest BCUT2D eigenvalue weighted by atomic mass is 10.1. The van der Waals surface area contributed by atoms with Crippen molar-refractivity contribution in [3.8, 4) is 23.4 Å². The van der Waals surface area contributed by atoms with Crippen LogP contribution in [0.25, 0.3) is 0 Å². The summed E-state index contributed by atoms with van der Waals surface area (Å²) in [7, 11) is 1.60. The normalized spacial score (nSPS) is 10.3. The second kappa shape index (κ2) is 7.02. The monoisotopic (exact) mass is 333 g/mol. The van der Waals surface area contributed by atoms with Crippen molar-refractivity contribution in [3.05, 3.63) is 71.4 Å². The molecule has 1 aromatic heterocycles. The number of benzene rings is 2. The molecule has 3 rings (SSSR count). The fraction of sp³-hybridized carbons (Fsp3) is 0.150. The van der Waals surface area contributed by atoms with Gasteiger partial charge in [0.05, 0.1) is 19.3 Å². The Bertz CT molecular complexity index is 921. The summed E-state index contributed by atoms with van der Waals surface area (Å²) in [5.41, 5.74) is 9.21. The van der Waals surface area contributed by atoms with Crippen LogP contribution in [0, 0.1) is 18.3 Å². The van der Waals surface area contributed by atoms with Crippen molar-refractivity contribution in [1.29, 1.82) is 5.26 Å².